The van der Waals surface area contributed by atoms with E-state index in [1.54, 1.807) is 6.21 Å². The fraction of sp³-hybridized carbons (Fsp3) is 0.182. The summed E-state index contributed by atoms with van der Waals surface area (Å²) in [5.74, 6) is 0. The Balaban J connectivity index is 1.83. The van der Waals surface area contributed by atoms with Crippen LogP contribution in [0.25, 0.3) is 0 Å². The van der Waals surface area contributed by atoms with Crippen molar-refractivity contribution in [1.29, 1.82) is 0 Å². The smallest absolute Gasteiger partial charge is 0.124 e. The molecule has 3 nitrogen and oxygen atoms in total. The Morgan fingerprint density at radius 2 is 2.14 bits per heavy atom. The average molecular weight is 187 g/mol. The number of benzene rings is 1. The molecule has 0 spiro atoms. The second kappa shape index (κ2) is 4.58. The molecule has 0 unspecified atom stereocenters. The predicted octanol–water partition coefficient (Wildman–Crippen LogP) is 1.55. The second-order valence-corrected chi connectivity index (χ2v) is 3.10. The van der Waals surface area contributed by atoms with E-state index in [1.165, 1.54) is 5.56 Å². The van der Waals surface area contributed by atoms with Gasteiger partial charge in [0.2, 0.25) is 0 Å². The summed E-state index contributed by atoms with van der Waals surface area (Å²) in [6, 6.07) is 10.3. The molecule has 0 saturated heterocycles. The maximum Gasteiger partial charge on any atom is 0.124 e. The number of hydrazine groups is 1. The molecule has 2 rings (SSSR count). The maximum absolute atomic E-state index is 4.12. The minimum atomic E-state index is 0.684. The van der Waals surface area contributed by atoms with E-state index in [0.717, 1.165) is 6.54 Å². The lowest BCUT2D eigenvalue weighted by Gasteiger charge is -2.20. The molecule has 0 aliphatic carbocycles. The van der Waals surface area contributed by atoms with Gasteiger partial charge in [0, 0.05) is 19.0 Å². The minimum Gasteiger partial charge on any atom is -0.294 e. The van der Waals surface area contributed by atoms with Gasteiger partial charge in [-0.2, -0.15) is 0 Å². The first-order chi connectivity index (χ1) is 6.95. The molecule has 0 saturated carbocycles. The summed E-state index contributed by atoms with van der Waals surface area (Å²) >= 11 is 0. The van der Waals surface area contributed by atoms with Crippen LogP contribution in [0.3, 0.4) is 0 Å². The van der Waals surface area contributed by atoms with Crippen molar-refractivity contribution < 1.29 is 0 Å². The van der Waals surface area contributed by atoms with Crippen molar-refractivity contribution in [2.45, 2.75) is 6.54 Å². The van der Waals surface area contributed by atoms with Crippen molar-refractivity contribution in [3.8, 4) is 0 Å². The van der Waals surface area contributed by atoms with Gasteiger partial charge in [-0.1, -0.05) is 30.3 Å². The van der Waals surface area contributed by atoms with Gasteiger partial charge in [-0.15, -0.1) is 0 Å². The molecule has 3 heteroatoms. The van der Waals surface area contributed by atoms with Gasteiger partial charge < -0.3 is 0 Å². The molecule has 72 valence electrons. The summed E-state index contributed by atoms with van der Waals surface area (Å²) in [6.45, 7) is 1.52. The molecule has 0 amide bonds. The number of aliphatic imine (C=N–C) groups is 1. The molecule has 0 bridgehead atoms. The van der Waals surface area contributed by atoms with Crippen LogP contribution in [0.1, 0.15) is 5.56 Å². The molecule has 0 fully saturated rings. The van der Waals surface area contributed by atoms with Gasteiger partial charge in [-0.3, -0.25) is 10.0 Å². The average Bonchev–Trinajstić information content (AvgIpc) is 2.29. The van der Waals surface area contributed by atoms with Gasteiger partial charge in [0.15, 0.2) is 0 Å². The minimum absolute atomic E-state index is 0.684. The van der Waals surface area contributed by atoms with Crippen molar-refractivity contribution in [1.82, 2.24) is 10.4 Å². The third kappa shape index (κ3) is 2.44. The highest BCUT2D eigenvalue weighted by Gasteiger charge is 1.98. The Hall–Kier alpha value is -1.61. The zero-order chi connectivity index (χ0) is 9.64. The molecular weight excluding hydrogens is 174 g/mol. The lowest BCUT2D eigenvalue weighted by molar-refractivity contribution is 0.273. The van der Waals surface area contributed by atoms with E-state index in [9.17, 15) is 0 Å². The topological polar surface area (TPSA) is 27.6 Å². The lowest BCUT2D eigenvalue weighted by Crippen LogP contribution is -2.34. The van der Waals surface area contributed by atoms with Crippen LogP contribution in [0, 0.1) is 0 Å². The normalized spacial score (nSPS) is 14.7. The molecule has 0 aromatic heterocycles. The number of hydrogen-bond acceptors (Lipinski definition) is 3. The number of allylic oxidation sites excluding steroid dienone is 1. The van der Waals surface area contributed by atoms with Gasteiger partial charge in [0.25, 0.3) is 0 Å². The first kappa shape index (κ1) is 8.97. The summed E-state index contributed by atoms with van der Waals surface area (Å²) in [5.41, 5.74) is 4.54. The molecule has 1 heterocycles. The van der Waals surface area contributed by atoms with Gasteiger partial charge in [0.1, 0.15) is 6.67 Å². The summed E-state index contributed by atoms with van der Waals surface area (Å²) in [5, 5.41) is 1.97. The van der Waals surface area contributed by atoms with E-state index in [4.69, 9.17) is 0 Å². The number of hydrogen-bond donors (Lipinski definition) is 1. The van der Waals surface area contributed by atoms with Crippen LogP contribution in [0.2, 0.25) is 0 Å². The van der Waals surface area contributed by atoms with Crippen molar-refractivity contribution in [3.63, 3.8) is 0 Å². The molecule has 0 atom stereocenters. The molecule has 1 aromatic rings. The van der Waals surface area contributed by atoms with Gasteiger partial charge in [-0.05, 0) is 11.6 Å². The number of nitrogens with zero attached hydrogens (tertiary/aromatic N) is 2. The summed E-state index contributed by atoms with van der Waals surface area (Å²) in [7, 11) is 0. The van der Waals surface area contributed by atoms with Crippen LogP contribution in [-0.4, -0.2) is 17.9 Å². The van der Waals surface area contributed by atoms with Gasteiger partial charge in [-0.25, -0.2) is 5.43 Å². The highest BCUT2D eigenvalue weighted by atomic mass is 15.5. The van der Waals surface area contributed by atoms with Crippen molar-refractivity contribution in [3.05, 3.63) is 48.2 Å². The Bertz CT molecular complexity index is 330. The monoisotopic (exact) mass is 187 g/mol. The van der Waals surface area contributed by atoms with Crippen molar-refractivity contribution in [2.24, 2.45) is 4.99 Å². The fourth-order valence-electron chi connectivity index (χ4n) is 1.28. The Morgan fingerprint density at radius 1 is 1.29 bits per heavy atom. The molecule has 0 radical (unpaired) electrons. The molecule has 14 heavy (non-hydrogen) atoms. The Labute approximate surface area is 83.7 Å². The van der Waals surface area contributed by atoms with Gasteiger partial charge in [0.05, 0.1) is 0 Å². The summed E-state index contributed by atoms with van der Waals surface area (Å²) in [6.07, 6.45) is 5.71. The van der Waals surface area contributed by atoms with Crippen LogP contribution in [0.15, 0.2) is 47.6 Å². The second-order valence-electron chi connectivity index (χ2n) is 3.10. The molecule has 1 aliphatic rings. The Kier molecular flexibility index (Phi) is 2.93. The van der Waals surface area contributed by atoms with E-state index in [0.29, 0.717) is 6.67 Å². The zero-order valence-corrected chi connectivity index (χ0v) is 7.93. The largest absolute Gasteiger partial charge is 0.294 e. The molecule has 1 aliphatic heterocycles. The van der Waals surface area contributed by atoms with Crippen molar-refractivity contribution >= 4 is 6.21 Å². The predicted molar refractivity (Wildman–Crippen MR) is 57.6 cm³/mol. The first-order valence-electron chi connectivity index (χ1n) is 4.66. The third-order valence-electron chi connectivity index (χ3n) is 2.02. The van der Waals surface area contributed by atoms with Crippen LogP contribution in [-0.2, 0) is 6.54 Å². The van der Waals surface area contributed by atoms with E-state index >= 15 is 0 Å². The fourth-order valence-corrected chi connectivity index (χ4v) is 1.28. The lowest BCUT2D eigenvalue weighted by atomic mass is 10.2. The van der Waals surface area contributed by atoms with E-state index in [-0.39, 0.29) is 0 Å². The number of rotatable bonds is 3. The number of nitrogens with one attached hydrogen (secondary N) is 1. The molecule has 1 aromatic carbocycles. The van der Waals surface area contributed by atoms with Gasteiger partial charge >= 0.3 is 0 Å². The summed E-state index contributed by atoms with van der Waals surface area (Å²) in [4.78, 5) is 4.12. The highest BCUT2D eigenvalue weighted by Crippen LogP contribution is 1.99. The van der Waals surface area contributed by atoms with Crippen LogP contribution >= 0.6 is 0 Å². The third-order valence-corrected chi connectivity index (χ3v) is 2.02. The van der Waals surface area contributed by atoms with E-state index in [1.807, 2.05) is 35.5 Å². The van der Waals surface area contributed by atoms with Crippen LogP contribution in [0.4, 0.5) is 0 Å². The van der Waals surface area contributed by atoms with E-state index < -0.39 is 0 Å². The van der Waals surface area contributed by atoms with E-state index in [2.05, 4.69) is 22.6 Å². The highest BCUT2D eigenvalue weighted by molar-refractivity contribution is 5.71. The van der Waals surface area contributed by atoms with Crippen molar-refractivity contribution in [2.75, 3.05) is 6.67 Å². The zero-order valence-electron chi connectivity index (χ0n) is 7.93. The SMILES string of the molecule is C1=CN(NCc2ccccc2)CN=C1. The first-order valence-corrected chi connectivity index (χ1v) is 4.66. The molecular formula is C11H13N3. The van der Waals surface area contributed by atoms with Crippen LogP contribution in [0.5, 0.6) is 0 Å². The summed E-state index contributed by atoms with van der Waals surface area (Å²) < 4.78 is 0. The van der Waals surface area contributed by atoms with Crippen LogP contribution < -0.4 is 5.43 Å². The quantitative estimate of drug-likeness (QED) is 0.777. The maximum atomic E-state index is 4.12. The standard InChI is InChI=1S/C11H13N3/c1-2-5-11(6-3-1)9-13-14-8-4-7-12-10-14/h1-8,13H,9-10H2. The Morgan fingerprint density at radius 3 is 2.86 bits per heavy atom. The molecule has 1 N–H and O–H groups in total.